The lowest BCUT2D eigenvalue weighted by molar-refractivity contribution is 0.542. The Morgan fingerprint density at radius 3 is 2.90 bits per heavy atom. The molecule has 20 heavy (non-hydrogen) atoms. The van der Waals surface area contributed by atoms with Gasteiger partial charge in [0, 0.05) is 25.0 Å². The maximum Gasteiger partial charge on any atom is 0.240 e. The standard InChI is InChI=1S/C12H17N5O2S/c1-10-11(13)4-2-5-12(10)20(18,19)15-6-3-8-17-9-7-14-16-17/h2,4-5,7,9,15H,3,6,8,13H2,1H3. The topological polar surface area (TPSA) is 103 Å². The predicted molar refractivity (Wildman–Crippen MR) is 75.4 cm³/mol. The molecule has 0 saturated carbocycles. The molecule has 8 heteroatoms. The Bertz CT molecular complexity index is 667. The minimum absolute atomic E-state index is 0.221. The molecule has 0 aliphatic rings. The van der Waals surface area contributed by atoms with Gasteiger partial charge in [-0.15, -0.1) is 5.10 Å². The van der Waals surface area contributed by atoms with E-state index in [1.54, 1.807) is 42.2 Å². The van der Waals surface area contributed by atoms with Gasteiger partial charge in [0.25, 0.3) is 0 Å². The Labute approximate surface area is 117 Å². The number of anilines is 1. The highest BCUT2D eigenvalue weighted by atomic mass is 32.2. The van der Waals surface area contributed by atoms with Crippen molar-refractivity contribution in [1.82, 2.24) is 19.7 Å². The second-order valence-corrected chi connectivity index (χ2v) is 6.12. The summed E-state index contributed by atoms with van der Waals surface area (Å²) in [4.78, 5) is 0.221. The third-order valence-electron chi connectivity index (χ3n) is 2.94. The molecular formula is C12H17N5O2S. The highest BCUT2D eigenvalue weighted by Crippen LogP contribution is 2.19. The Balaban J connectivity index is 1.95. The largest absolute Gasteiger partial charge is 0.398 e. The zero-order chi connectivity index (χ0) is 14.6. The predicted octanol–water partition coefficient (Wildman–Crippen LogP) is 0.537. The Hall–Kier alpha value is -1.93. The Morgan fingerprint density at radius 2 is 2.20 bits per heavy atom. The van der Waals surface area contributed by atoms with Crippen LogP contribution >= 0.6 is 0 Å². The highest BCUT2D eigenvalue weighted by molar-refractivity contribution is 7.89. The summed E-state index contributed by atoms with van der Waals surface area (Å²) in [5.41, 5.74) is 6.76. The van der Waals surface area contributed by atoms with Crippen LogP contribution in [0.1, 0.15) is 12.0 Å². The first kappa shape index (κ1) is 14.5. The molecule has 0 bridgehead atoms. The fourth-order valence-corrected chi connectivity index (χ4v) is 3.15. The number of aromatic nitrogens is 3. The first-order valence-electron chi connectivity index (χ1n) is 6.19. The summed E-state index contributed by atoms with van der Waals surface area (Å²) in [6, 6.07) is 4.86. The molecule has 0 saturated heterocycles. The van der Waals surface area contributed by atoms with Crippen molar-refractivity contribution in [3.8, 4) is 0 Å². The van der Waals surface area contributed by atoms with Crippen LogP contribution < -0.4 is 10.5 Å². The number of benzene rings is 1. The van der Waals surface area contributed by atoms with Crippen LogP contribution in [0, 0.1) is 6.92 Å². The van der Waals surface area contributed by atoms with Gasteiger partial charge in [-0.1, -0.05) is 11.3 Å². The number of hydrogen-bond acceptors (Lipinski definition) is 5. The third-order valence-corrected chi connectivity index (χ3v) is 4.55. The van der Waals surface area contributed by atoms with E-state index < -0.39 is 10.0 Å². The van der Waals surface area contributed by atoms with Crippen molar-refractivity contribution in [2.24, 2.45) is 0 Å². The van der Waals surface area contributed by atoms with E-state index in [1.165, 1.54) is 0 Å². The monoisotopic (exact) mass is 295 g/mol. The van der Waals surface area contributed by atoms with E-state index >= 15 is 0 Å². The van der Waals surface area contributed by atoms with Gasteiger partial charge in [-0.2, -0.15) is 0 Å². The molecule has 2 aromatic rings. The quantitative estimate of drug-likeness (QED) is 0.598. The van der Waals surface area contributed by atoms with Crippen LogP contribution in [0.15, 0.2) is 35.5 Å². The van der Waals surface area contributed by atoms with Crippen LogP contribution in [0.5, 0.6) is 0 Å². The summed E-state index contributed by atoms with van der Waals surface area (Å²) >= 11 is 0. The summed E-state index contributed by atoms with van der Waals surface area (Å²) in [6.07, 6.45) is 3.95. The zero-order valence-corrected chi connectivity index (χ0v) is 12.0. The summed E-state index contributed by atoms with van der Waals surface area (Å²) in [7, 11) is -3.53. The summed E-state index contributed by atoms with van der Waals surface area (Å²) in [6.45, 7) is 2.63. The maximum atomic E-state index is 12.2. The lowest BCUT2D eigenvalue weighted by atomic mass is 10.2. The van der Waals surface area contributed by atoms with Crippen molar-refractivity contribution in [2.45, 2.75) is 24.8 Å². The van der Waals surface area contributed by atoms with E-state index in [0.29, 0.717) is 30.8 Å². The Morgan fingerprint density at radius 1 is 1.40 bits per heavy atom. The van der Waals surface area contributed by atoms with Crippen LogP contribution in [0.3, 0.4) is 0 Å². The number of nitrogens with one attached hydrogen (secondary N) is 1. The summed E-state index contributed by atoms with van der Waals surface area (Å²) in [5, 5.41) is 7.49. The lowest BCUT2D eigenvalue weighted by Gasteiger charge is -2.10. The fourth-order valence-electron chi connectivity index (χ4n) is 1.80. The van der Waals surface area contributed by atoms with E-state index in [2.05, 4.69) is 15.0 Å². The number of nitrogens with two attached hydrogens (primary N) is 1. The van der Waals surface area contributed by atoms with E-state index in [9.17, 15) is 8.42 Å². The average molecular weight is 295 g/mol. The van der Waals surface area contributed by atoms with Gasteiger partial charge in [0.05, 0.1) is 11.1 Å². The van der Waals surface area contributed by atoms with Gasteiger partial charge in [-0.3, -0.25) is 4.68 Å². The van der Waals surface area contributed by atoms with Crippen molar-refractivity contribution >= 4 is 15.7 Å². The molecule has 1 aromatic heterocycles. The molecule has 1 heterocycles. The van der Waals surface area contributed by atoms with E-state index in [0.717, 1.165) is 0 Å². The summed E-state index contributed by atoms with van der Waals surface area (Å²) < 4.78 is 28.5. The van der Waals surface area contributed by atoms with Crippen LogP contribution in [-0.4, -0.2) is 30.0 Å². The van der Waals surface area contributed by atoms with Gasteiger partial charge in [-0.25, -0.2) is 13.1 Å². The van der Waals surface area contributed by atoms with Gasteiger partial charge in [-0.05, 0) is 31.0 Å². The highest BCUT2D eigenvalue weighted by Gasteiger charge is 2.16. The van der Waals surface area contributed by atoms with Crippen molar-refractivity contribution in [3.63, 3.8) is 0 Å². The number of aryl methyl sites for hydroxylation is 1. The van der Waals surface area contributed by atoms with Gasteiger partial charge >= 0.3 is 0 Å². The number of nitrogen functional groups attached to an aromatic ring is 1. The Kier molecular flexibility index (Phi) is 4.35. The van der Waals surface area contributed by atoms with Crippen LogP contribution in [0.25, 0.3) is 0 Å². The molecular weight excluding hydrogens is 278 g/mol. The molecule has 0 aliphatic heterocycles. The first-order valence-corrected chi connectivity index (χ1v) is 7.68. The van der Waals surface area contributed by atoms with Crippen LogP contribution in [0.2, 0.25) is 0 Å². The smallest absolute Gasteiger partial charge is 0.240 e. The number of sulfonamides is 1. The van der Waals surface area contributed by atoms with E-state index in [1.807, 2.05) is 0 Å². The second-order valence-electron chi connectivity index (χ2n) is 4.39. The third kappa shape index (κ3) is 3.34. The normalized spacial score (nSPS) is 11.7. The van der Waals surface area contributed by atoms with E-state index in [-0.39, 0.29) is 4.90 Å². The minimum atomic E-state index is -3.53. The number of rotatable bonds is 6. The van der Waals surface area contributed by atoms with Gasteiger partial charge < -0.3 is 5.73 Å². The minimum Gasteiger partial charge on any atom is -0.398 e. The van der Waals surface area contributed by atoms with Crippen molar-refractivity contribution < 1.29 is 8.42 Å². The van der Waals surface area contributed by atoms with Crippen molar-refractivity contribution in [2.75, 3.05) is 12.3 Å². The van der Waals surface area contributed by atoms with Gasteiger partial charge in [0.1, 0.15) is 0 Å². The summed E-state index contributed by atoms with van der Waals surface area (Å²) in [5.74, 6) is 0. The van der Waals surface area contributed by atoms with Crippen LogP contribution in [-0.2, 0) is 16.6 Å². The first-order chi connectivity index (χ1) is 9.50. The molecule has 1 aromatic carbocycles. The second kappa shape index (κ2) is 6.02. The molecule has 2 rings (SSSR count). The average Bonchev–Trinajstić information content (AvgIpc) is 2.91. The van der Waals surface area contributed by atoms with Crippen molar-refractivity contribution in [3.05, 3.63) is 36.2 Å². The van der Waals surface area contributed by atoms with E-state index in [4.69, 9.17) is 5.73 Å². The SMILES string of the molecule is Cc1c(N)cccc1S(=O)(=O)NCCCn1ccnn1. The van der Waals surface area contributed by atoms with Crippen LogP contribution in [0.4, 0.5) is 5.69 Å². The zero-order valence-electron chi connectivity index (χ0n) is 11.2. The molecule has 0 spiro atoms. The molecule has 0 amide bonds. The van der Waals surface area contributed by atoms with Gasteiger partial charge in [0.2, 0.25) is 10.0 Å². The molecule has 0 aliphatic carbocycles. The molecule has 0 atom stereocenters. The fraction of sp³-hybridized carbons (Fsp3) is 0.333. The van der Waals surface area contributed by atoms with Gasteiger partial charge in [0.15, 0.2) is 0 Å². The maximum absolute atomic E-state index is 12.2. The molecule has 3 N–H and O–H groups in total. The number of nitrogens with zero attached hydrogens (tertiary/aromatic N) is 3. The molecule has 0 unspecified atom stereocenters. The molecule has 0 fully saturated rings. The molecule has 108 valence electrons. The molecule has 0 radical (unpaired) electrons. The lowest BCUT2D eigenvalue weighted by Crippen LogP contribution is -2.26. The number of hydrogen-bond donors (Lipinski definition) is 2. The van der Waals surface area contributed by atoms with Crippen molar-refractivity contribution in [1.29, 1.82) is 0 Å². The molecule has 7 nitrogen and oxygen atoms in total.